The first-order valence-corrected chi connectivity index (χ1v) is 12.1. The maximum atomic E-state index is 14.5. The van der Waals surface area contributed by atoms with Crippen molar-refractivity contribution in [2.75, 3.05) is 10.6 Å². The van der Waals surface area contributed by atoms with Gasteiger partial charge in [-0.1, -0.05) is 11.6 Å². The van der Waals surface area contributed by atoms with E-state index in [0.29, 0.717) is 36.8 Å². The molecule has 13 heteroatoms. The molecule has 8 nitrogen and oxygen atoms in total. The monoisotopic (exact) mass is 525 g/mol. The van der Waals surface area contributed by atoms with E-state index in [1.54, 1.807) is 4.57 Å². The van der Waals surface area contributed by atoms with E-state index >= 15 is 0 Å². The molecule has 2 aliphatic rings. The Balaban J connectivity index is 1.52. The van der Waals surface area contributed by atoms with E-state index in [-0.39, 0.29) is 54.0 Å². The van der Waals surface area contributed by atoms with Crippen LogP contribution in [0.3, 0.4) is 0 Å². The van der Waals surface area contributed by atoms with E-state index in [1.807, 2.05) is 0 Å². The topological polar surface area (TPSA) is 111 Å². The number of carbonyl (C=O) groups is 1. The van der Waals surface area contributed by atoms with Crippen molar-refractivity contribution in [1.82, 2.24) is 19.5 Å². The van der Waals surface area contributed by atoms with Gasteiger partial charge < -0.3 is 16.4 Å². The molecule has 0 radical (unpaired) electrons. The number of benzene rings is 1. The van der Waals surface area contributed by atoms with Crippen molar-refractivity contribution >= 4 is 46.3 Å². The molecule has 2 heterocycles. The Labute approximate surface area is 208 Å². The average molecular weight is 526 g/mol. The number of rotatable bonds is 6. The van der Waals surface area contributed by atoms with Gasteiger partial charge in [-0.25, -0.2) is 27.5 Å². The second-order valence-electron chi connectivity index (χ2n) is 9.43. The third-order valence-electron chi connectivity index (χ3n) is 6.88. The number of hydrogen-bond donors (Lipinski definition) is 3. The number of nitrogens with zero attached hydrogens (tertiary/aromatic N) is 4. The van der Waals surface area contributed by atoms with Gasteiger partial charge in [-0.15, -0.1) is 0 Å². The van der Waals surface area contributed by atoms with Crippen molar-refractivity contribution in [1.29, 1.82) is 0 Å². The molecule has 36 heavy (non-hydrogen) atoms. The van der Waals surface area contributed by atoms with Crippen LogP contribution < -0.4 is 16.4 Å². The van der Waals surface area contributed by atoms with E-state index in [4.69, 9.17) is 17.3 Å². The van der Waals surface area contributed by atoms with Crippen LogP contribution in [-0.4, -0.2) is 37.4 Å². The Morgan fingerprint density at radius 3 is 2.42 bits per heavy atom. The SMILES string of the molecule is NC(=O)C1CCC(n2c(Nc3c(F)cc(Cl)cc3F)nc3cnc(NC4CCC(F)(F)C4)nc32)CC1. The second kappa shape index (κ2) is 9.38. The summed E-state index contributed by atoms with van der Waals surface area (Å²) in [5.41, 5.74) is 5.77. The fourth-order valence-electron chi connectivity index (χ4n) is 5.04. The van der Waals surface area contributed by atoms with Gasteiger partial charge in [-0.05, 0) is 44.2 Å². The summed E-state index contributed by atoms with van der Waals surface area (Å²) < 4.78 is 58.1. The van der Waals surface area contributed by atoms with Gasteiger partial charge >= 0.3 is 0 Å². The number of hydrogen-bond acceptors (Lipinski definition) is 6. The van der Waals surface area contributed by atoms with Crippen LogP contribution in [0.5, 0.6) is 0 Å². The van der Waals surface area contributed by atoms with Gasteiger partial charge in [0, 0.05) is 35.9 Å². The number of fused-ring (bicyclic) bond motifs is 1. The zero-order valence-electron chi connectivity index (χ0n) is 19.1. The fourth-order valence-corrected chi connectivity index (χ4v) is 5.23. The van der Waals surface area contributed by atoms with Gasteiger partial charge in [0.25, 0.3) is 0 Å². The van der Waals surface area contributed by atoms with Gasteiger partial charge in [-0.2, -0.15) is 4.98 Å². The van der Waals surface area contributed by atoms with Gasteiger partial charge in [0.2, 0.25) is 23.7 Å². The van der Waals surface area contributed by atoms with E-state index in [9.17, 15) is 22.4 Å². The van der Waals surface area contributed by atoms with Crippen molar-refractivity contribution in [2.45, 2.75) is 63.0 Å². The van der Waals surface area contributed by atoms with Crippen LogP contribution in [-0.2, 0) is 4.79 Å². The molecule has 2 aliphatic carbocycles. The normalized spacial score (nSPS) is 23.6. The van der Waals surface area contributed by atoms with Crippen LogP contribution >= 0.6 is 11.6 Å². The zero-order valence-corrected chi connectivity index (χ0v) is 19.8. The number of nitrogens with two attached hydrogens (primary N) is 1. The lowest BCUT2D eigenvalue weighted by atomic mass is 9.85. The second-order valence-corrected chi connectivity index (χ2v) is 9.86. The molecule has 1 amide bonds. The number of carbonyl (C=O) groups excluding carboxylic acids is 1. The lowest BCUT2D eigenvalue weighted by molar-refractivity contribution is -0.122. The maximum Gasteiger partial charge on any atom is 0.250 e. The van der Waals surface area contributed by atoms with Gasteiger partial charge in [0.05, 0.1) is 6.20 Å². The minimum absolute atomic E-state index is 0.0899. The molecule has 0 saturated heterocycles. The zero-order chi connectivity index (χ0) is 25.6. The van der Waals surface area contributed by atoms with Crippen LogP contribution in [0, 0.1) is 17.6 Å². The molecule has 2 fully saturated rings. The van der Waals surface area contributed by atoms with Gasteiger partial charge in [0.1, 0.15) is 11.2 Å². The predicted octanol–water partition coefficient (Wildman–Crippen LogP) is 5.32. The van der Waals surface area contributed by atoms with Crippen molar-refractivity contribution in [2.24, 2.45) is 11.7 Å². The Bertz CT molecular complexity index is 1290. The summed E-state index contributed by atoms with van der Waals surface area (Å²) in [6, 6.07) is 1.29. The first-order valence-electron chi connectivity index (χ1n) is 11.7. The molecule has 0 aliphatic heterocycles. The maximum absolute atomic E-state index is 14.5. The lowest BCUT2D eigenvalue weighted by Crippen LogP contribution is -2.29. The number of halogens is 5. The van der Waals surface area contributed by atoms with Gasteiger partial charge in [0.15, 0.2) is 17.3 Å². The minimum atomic E-state index is -2.73. The summed E-state index contributed by atoms with van der Waals surface area (Å²) in [7, 11) is 0. The highest BCUT2D eigenvalue weighted by Gasteiger charge is 2.39. The van der Waals surface area contributed by atoms with Crippen molar-refractivity contribution in [3.05, 3.63) is 35.0 Å². The highest BCUT2D eigenvalue weighted by molar-refractivity contribution is 6.30. The number of primary amides is 1. The summed E-state index contributed by atoms with van der Waals surface area (Å²) in [6.45, 7) is 0. The molecular weight excluding hydrogens is 502 g/mol. The first-order chi connectivity index (χ1) is 17.1. The third-order valence-corrected chi connectivity index (χ3v) is 7.10. The molecule has 2 aromatic heterocycles. The van der Waals surface area contributed by atoms with E-state index in [2.05, 4.69) is 25.6 Å². The fraction of sp³-hybridized carbons (Fsp3) is 0.478. The number of alkyl halides is 2. The molecule has 1 aromatic carbocycles. The average Bonchev–Trinajstić information content (AvgIpc) is 3.34. The summed E-state index contributed by atoms with van der Waals surface area (Å²) in [6.07, 6.45) is 3.39. The van der Waals surface area contributed by atoms with Crippen LogP contribution in [0.25, 0.3) is 11.2 Å². The molecule has 5 rings (SSSR count). The smallest absolute Gasteiger partial charge is 0.250 e. The quantitative estimate of drug-likeness (QED) is 0.376. The Morgan fingerprint density at radius 2 is 1.81 bits per heavy atom. The van der Waals surface area contributed by atoms with Crippen LogP contribution in [0.1, 0.15) is 51.0 Å². The summed E-state index contributed by atoms with van der Waals surface area (Å²) in [5.74, 6) is -4.85. The Kier molecular flexibility index (Phi) is 6.39. The molecule has 2 saturated carbocycles. The van der Waals surface area contributed by atoms with Gasteiger partial charge in [-0.3, -0.25) is 9.36 Å². The minimum Gasteiger partial charge on any atom is -0.369 e. The third kappa shape index (κ3) is 4.91. The molecule has 3 aromatic rings. The highest BCUT2D eigenvalue weighted by Crippen LogP contribution is 2.39. The Morgan fingerprint density at radius 1 is 1.11 bits per heavy atom. The molecule has 0 spiro atoms. The largest absolute Gasteiger partial charge is 0.369 e. The van der Waals surface area contributed by atoms with Crippen LogP contribution in [0.4, 0.5) is 35.1 Å². The summed E-state index contributed by atoms with van der Waals surface area (Å²) in [5, 5.41) is 5.60. The molecular formula is C23H24ClF4N7O. The van der Waals surface area contributed by atoms with E-state index in [0.717, 1.165) is 12.1 Å². The number of nitrogens with one attached hydrogen (secondary N) is 2. The number of amides is 1. The number of imidazole rings is 1. The van der Waals surface area contributed by atoms with E-state index < -0.39 is 29.3 Å². The molecule has 1 unspecified atom stereocenters. The number of anilines is 3. The highest BCUT2D eigenvalue weighted by atomic mass is 35.5. The molecule has 192 valence electrons. The first kappa shape index (κ1) is 24.5. The van der Waals surface area contributed by atoms with Crippen LogP contribution in [0.2, 0.25) is 5.02 Å². The summed E-state index contributed by atoms with van der Waals surface area (Å²) >= 11 is 5.75. The molecule has 1 atom stereocenters. The van der Waals surface area contributed by atoms with E-state index in [1.165, 1.54) is 6.20 Å². The van der Waals surface area contributed by atoms with Crippen molar-refractivity contribution < 1.29 is 22.4 Å². The molecule has 4 N–H and O–H groups in total. The van der Waals surface area contributed by atoms with Crippen LogP contribution in [0.15, 0.2) is 18.3 Å². The summed E-state index contributed by atoms with van der Waals surface area (Å²) in [4.78, 5) is 24.8. The lowest BCUT2D eigenvalue weighted by Gasteiger charge is -2.29. The van der Waals surface area contributed by atoms with Crippen molar-refractivity contribution in [3.8, 4) is 0 Å². The number of aromatic nitrogens is 4. The predicted molar refractivity (Wildman–Crippen MR) is 126 cm³/mol. The standard InChI is InChI=1S/C23H24ClF4N7O/c24-12-7-15(25)18(16(26)8-12)33-22-32-17-10-30-21(31-13-5-6-23(27,28)9-13)34-20(17)35(22)14-3-1-11(2-4-14)19(29)36/h7-8,10-11,13-14H,1-6,9H2,(H2,29,36)(H,32,33)(H,30,31,34). The molecule has 0 bridgehead atoms. The Hall–Kier alpha value is -3.15. The van der Waals surface area contributed by atoms with Crippen molar-refractivity contribution in [3.63, 3.8) is 0 Å².